The van der Waals surface area contributed by atoms with Crippen LogP contribution in [0.15, 0.2) is 24.3 Å². The zero-order valence-corrected chi connectivity index (χ0v) is 18.1. The first-order valence-corrected chi connectivity index (χ1v) is 11.0. The van der Waals surface area contributed by atoms with Crippen LogP contribution in [-0.4, -0.2) is 63.3 Å². The number of halogens is 3. The number of piperazine rings is 1. The lowest BCUT2D eigenvalue weighted by molar-refractivity contribution is -0.195. The second-order valence-corrected chi connectivity index (χ2v) is 9.68. The molecular weight excluding hydrogens is 426 g/mol. The maximum Gasteiger partial charge on any atom is 0.226 e. The maximum atomic E-state index is 14.5. The second-order valence-electron chi connectivity index (χ2n) is 8.94. The summed E-state index contributed by atoms with van der Waals surface area (Å²) in [5.74, 6) is 1.45. The third-order valence-electron chi connectivity index (χ3n) is 6.79. The number of anilines is 1. The molecule has 0 spiro atoms. The molecule has 0 unspecified atom stereocenters. The molecule has 2 aromatic heterocycles. The van der Waals surface area contributed by atoms with E-state index in [0.29, 0.717) is 41.3 Å². The van der Waals surface area contributed by atoms with Gasteiger partial charge in [-0.05, 0) is 30.8 Å². The molecule has 3 aliphatic carbocycles. The van der Waals surface area contributed by atoms with E-state index in [9.17, 15) is 4.39 Å². The number of hydrogen-bond acceptors (Lipinski definition) is 5. The van der Waals surface area contributed by atoms with Gasteiger partial charge in [-0.2, -0.15) is 9.97 Å². The van der Waals surface area contributed by atoms with Crippen LogP contribution in [0, 0.1) is 0 Å². The molecule has 4 aliphatic rings. The fourth-order valence-corrected chi connectivity index (χ4v) is 5.66. The minimum Gasteiger partial charge on any atom is -0.352 e. The molecule has 0 radical (unpaired) electrons. The smallest absolute Gasteiger partial charge is 0.226 e. The van der Waals surface area contributed by atoms with E-state index in [-0.39, 0.29) is 10.8 Å². The largest absolute Gasteiger partial charge is 0.352 e. The first kappa shape index (κ1) is 18.8. The quantitative estimate of drug-likeness (QED) is 0.565. The van der Waals surface area contributed by atoms with E-state index in [1.165, 1.54) is 0 Å². The Bertz CT molecular complexity index is 1150. The number of imidazole rings is 1. The molecule has 156 valence electrons. The summed E-state index contributed by atoms with van der Waals surface area (Å²) in [7, 11) is 2.11. The predicted octanol–water partition coefficient (Wildman–Crippen LogP) is 4.15. The molecule has 1 saturated heterocycles. The molecule has 7 rings (SSSR count). The van der Waals surface area contributed by atoms with Crippen LogP contribution in [0.5, 0.6) is 0 Å². The predicted molar refractivity (Wildman–Crippen MR) is 116 cm³/mol. The van der Waals surface area contributed by atoms with E-state index in [2.05, 4.69) is 31.4 Å². The summed E-state index contributed by atoms with van der Waals surface area (Å²) >= 11 is 12.9. The van der Waals surface area contributed by atoms with Crippen LogP contribution >= 0.6 is 23.2 Å². The molecule has 1 aromatic carbocycles. The average molecular weight is 447 g/mol. The van der Waals surface area contributed by atoms with Crippen molar-refractivity contribution in [3.63, 3.8) is 0 Å². The van der Waals surface area contributed by atoms with Gasteiger partial charge in [0.2, 0.25) is 5.28 Å². The Morgan fingerprint density at radius 1 is 0.967 bits per heavy atom. The van der Waals surface area contributed by atoms with Crippen molar-refractivity contribution in [1.29, 1.82) is 0 Å². The van der Waals surface area contributed by atoms with Gasteiger partial charge < -0.3 is 14.4 Å². The SMILES string of the molecule is CN1CCN(c2nc(Cl)nc3c2nc(-c2ccccc2Cl)n3C23CC(F)(C2)C3)CC1. The van der Waals surface area contributed by atoms with Gasteiger partial charge in [-0.15, -0.1) is 0 Å². The molecule has 0 atom stereocenters. The van der Waals surface area contributed by atoms with Crippen molar-refractivity contribution in [2.45, 2.75) is 30.5 Å². The molecule has 3 aromatic rings. The highest BCUT2D eigenvalue weighted by Crippen LogP contribution is 2.68. The van der Waals surface area contributed by atoms with Crippen LogP contribution in [0.2, 0.25) is 10.3 Å². The standard InChI is InChI=1S/C21H21Cl2FN6/c1-28-6-8-29(9-7-28)17-15-18(27-19(23)26-17)30(21-10-20(24,11-21)12-21)16(25-15)13-4-2-3-5-14(13)22/h2-5H,6-12H2,1H3. The molecule has 30 heavy (non-hydrogen) atoms. The van der Waals surface area contributed by atoms with Crippen LogP contribution in [0.1, 0.15) is 19.3 Å². The number of likely N-dealkylation sites (N-methyl/N-ethyl adjacent to an activating group) is 1. The van der Waals surface area contributed by atoms with Gasteiger partial charge in [0, 0.05) is 51.0 Å². The zero-order valence-electron chi connectivity index (χ0n) is 16.6. The van der Waals surface area contributed by atoms with Crippen LogP contribution < -0.4 is 4.90 Å². The molecule has 6 nitrogen and oxygen atoms in total. The Kier molecular flexibility index (Phi) is 3.93. The number of alkyl halides is 1. The van der Waals surface area contributed by atoms with E-state index in [1.54, 1.807) is 0 Å². The zero-order chi connectivity index (χ0) is 20.7. The van der Waals surface area contributed by atoms with Crippen LogP contribution in [-0.2, 0) is 5.54 Å². The molecule has 2 bridgehead atoms. The normalized spacial score (nSPS) is 28.5. The lowest BCUT2D eigenvalue weighted by atomic mass is 9.47. The second kappa shape index (κ2) is 6.28. The molecule has 0 amide bonds. The topological polar surface area (TPSA) is 50.1 Å². The van der Waals surface area contributed by atoms with Crippen molar-refractivity contribution in [3.05, 3.63) is 34.6 Å². The number of benzene rings is 1. The summed E-state index contributed by atoms with van der Waals surface area (Å²) in [5, 5.41) is 0.792. The third-order valence-corrected chi connectivity index (χ3v) is 7.29. The first-order chi connectivity index (χ1) is 14.4. The molecule has 3 saturated carbocycles. The highest BCUT2D eigenvalue weighted by Gasteiger charge is 2.71. The number of nitrogens with zero attached hydrogens (tertiary/aromatic N) is 6. The third kappa shape index (κ3) is 2.61. The lowest BCUT2D eigenvalue weighted by Crippen LogP contribution is -2.70. The molecular formula is C21H21Cl2FN6. The van der Waals surface area contributed by atoms with Gasteiger partial charge in [0.25, 0.3) is 0 Å². The van der Waals surface area contributed by atoms with Gasteiger partial charge in [0.05, 0.1) is 10.6 Å². The van der Waals surface area contributed by atoms with Crippen molar-refractivity contribution >= 4 is 40.2 Å². The number of fused-ring (bicyclic) bond motifs is 1. The molecule has 9 heteroatoms. The fraction of sp³-hybridized carbons (Fsp3) is 0.476. The minimum atomic E-state index is -1.05. The highest BCUT2D eigenvalue weighted by atomic mass is 35.5. The van der Waals surface area contributed by atoms with Crippen molar-refractivity contribution in [1.82, 2.24) is 24.4 Å². The molecule has 4 fully saturated rings. The summed E-state index contributed by atoms with van der Waals surface area (Å²) in [4.78, 5) is 18.6. The van der Waals surface area contributed by atoms with Crippen LogP contribution in [0.25, 0.3) is 22.6 Å². The highest BCUT2D eigenvalue weighted by molar-refractivity contribution is 6.33. The monoisotopic (exact) mass is 446 g/mol. The van der Waals surface area contributed by atoms with Crippen molar-refractivity contribution in [2.24, 2.45) is 0 Å². The maximum absolute atomic E-state index is 14.5. The summed E-state index contributed by atoms with van der Waals surface area (Å²) < 4.78 is 16.6. The average Bonchev–Trinajstić information content (AvgIpc) is 3.04. The van der Waals surface area contributed by atoms with Gasteiger partial charge in [-0.25, -0.2) is 9.37 Å². The molecule has 3 heterocycles. The Morgan fingerprint density at radius 2 is 1.67 bits per heavy atom. The molecule has 0 N–H and O–H groups in total. The Balaban J connectivity index is 1.58. The fourth-order valence-electron chi connectivity index (χ4n) is 5.28. The number of aromatic nitrogens is 4. The summed E-state index contributed by atoms with van der Waals surface area (Å²) in [6.07, 6.45) is 1.44. The minimum absolute atomic E-state index is 0.185. The van der Waals surface area contributed by atoms with Crippen molar-refractivity contribution in [2.75, 3.05) is 38.1 Å². The van der Waals surface area contributed by atoms with E-state index < -0.39 is 5.67 Å². The number of hydrogen-bond donors (Lipinski definition) is 0. The van der Waals surface area contributed by atoms with E-state index in [4.69, 9.17) is 28.2 Å². The Morgan fingerprint density at radius 3 is 2.33 bits per heavy atom. The lowest BCUT2D eigenvalue weighted by Gasteiger charge is -2.66. The summed E-state index contributed by atoms with van der Waals surface area (Å²) in [5.41, 5.74) is 0.827. The van der Waals surface area contributed by atoms with E-state index in [1.807, 2.05) is 24.3 Å². The number of rotatable bonds is 3. The summed E-state index contributed by atoms with van der Waals surface area (Å²) in [6.45, 7) is 3.56. The molecule has 1 aliphatic heterocycles. The summed E-state index contributed by atoms with van der Waals surface area (Å²) in [6, 6.07) is 7.62. The van der Waals surface area contributed by atoms with Gasteiger partial charge in [-0.3, -0.25) is 0 Å². The Labute approximate surface area is 183 Å². The van der Waals surface area contributed by atoms with Crippen molar-refractivity contribution < 1.29 is 4.39 Å². The van der Waals surface area contributed by atoms with Gasteiger partial charge >= 0.3 is 0 Å². The Hall–Kier alpha value is -1.96. The van der Waals surface area contributed by atoms with Gasteiger partial charge in [0.15, 0.2) is 17.0 Å². The van der Waals surface area contributed by atoms with Crippen molar-refractivity contribution in [3.8, 4) is 11.4 Å². The van der Waals surface area contributed by atoms with Gasteiger partial charge in [0.1, 0.15) is 11.5 Å². The van der Waals surface area contributed by atoms with Gasteiger partial charge in [-0.1, -0.05) is 23.7 Å². The van der Waals surface area contributed by atoms with E-state index in [0.717, 1.165) is 37.6 Å². The van der Waals surface area contributed by atoms with Crippen LogP contribution in [0.3, 0.4) is 0 Å². The first-order valence-electron chi connectivity index (χ1n) is 10.2. The van der Waals surface area contributed by atoms with E-state index >= 15 is 0 Å². The van der Waals surface area contributed by atoms with Crippen LogP contribution in [0.4, 0.5) is 10.2 Å².